The van der Waals surface area contributed by atoms with Crippen LogP contribution in [0.4, 0.5) is 5.82 Å². The number of nitrogens with zero attached hydrogens (tertiary/aromatic N) is 1. The lowest BCUT2D eigenvalue weighted by atomic mass is 9.73. The zero-order chi connectivity index (χ0) is 7.56. The Morgan fingerprint density at radius 1 is 1.50 bits per heavy atom. The fourth-order valence-corrected chi connectivity index (χ4v) is 0.832. The molecule has 0 aromatic carbocycles. The highest BCUT2D eigenvalue weighted by atomic mass is 14.8. The number of aromatic nitrogens is 1. The number of hydrogen-bond acceptors (Lipinski definition) is 2. The average Bonchev–Trinajstić information content (AvgIpc) is 1.88. The van der Waals surface area contributed by atoms with Crippen LogP contribution in [0, 0.1) is 6.92 Å². The van der Waals surface area contributed by atoms with Crippen LogP contribution >= 0.6 is 0 Å². The second-order valence-electron chi connectivity index (χ2n) is 2.22. The first-order chi connectivity index (χ1) is 4.74. The van der Waals surface area contributed by atoms with Gasteiger partial charge in [-0.15, -0.1) is 0 Å². The highest BCUT2D eigenvalue weighted by Gasteiger charge is 1.96. The summed E-state index contributed by atoms with van der Waals surface area (Å²) in [4.78, 5) is 4.09. The van der Waals surface area contributed by atoms with Crippen molar-refractivity contribution in [2.24, 2.45) is 0 Å². The second kappa shape index (κ2) is 2.73. The molecule has 51 valence electrons. The molecule has 10 heavy (non-hydrogen) atoms. The van der Waals surface area contributed by atoms with Gasteiger partial charge in [0.1, 0.15) is 5.82 Å². The Morgan fingerprint density at radius 3 is 2.70 bits per heavy atom. The Morgan fingerprint density at radius 2 is 2.20 bits per heavy atom. The number of nitrogen functional groups attached to an aromatic ring is 1. The van der Waals surface area contributed by atoms with Crippen molar-refractivity contribution >= 4 is 18.6 Å². The average molecular weight is 133 g/mol. The van der Waals surface area contributed by atoms with Crippen molar-refractivity contribution in [1.29, 1.82) is 0 Å². The van der Waals surface area contributed by atoms with Crippen molar-refractivity contribution in [3.8, 4) is 0 Å². The minimum Gasteiger partial charge on any atom is -0.384 e. The van der Waals surface area contributed by atoms with E-state index < -0.39 is 0 Å². The van der Waals surface area contributed by atoms with Gasteiger partial charge >= 0.3 is 0 Å². The molecule has 0 unspecified atom stereocenters. The van der Waals surface area contributed by atoms with Gasteiger partial charge in [0.15, 0.2) is 7.28 Å². The van der Waals surface area contributed by atoms with Gasteiger partial charge in [0.25, 0.3) is 0 Å². The van der Waals surface area contributed by atoms with Crippen molar-refractivity contribution in [2.75, 3.05) is 5.73 Å². The van der Waals surface area contributed by atoms with Gasteiger partial charge in [-0.3, -0.25) is 0 Å². The lowest BCUT2D eigenvalue weighted by Crippen LogP contribution is -2.17. The van der Waals surface area contributed by atoms with Gasteiger partial charge in [-0.1, -0.05) is 12.9 Å². The molecule has 0 aliphatic rings. The predicted molar refractivity (Wildman–Crippen MR) is 44.6 cm³/mol. The summed E-state index contributed by atoms with van der Waals surface area (Å²) in [5.41, 5.74) is 7.56. The van der Waals surface area contributed by atoms with E-state index in [0.717, 1.165) is 11.2 Å². The summed E-state index contributed by atoms with van der Waals surface area (Å²) in [5, 5.41) is 0. The van der Waals surface area contributed by atoms with Gasteiger partial charge < -0.3 is 5.73 Å². The summed E-state index contributed by atoms with van der Waals surface area (Å²) in [5.74, 6) is 0.613. The maximum absolute atomic E-state index is 5.59. The summed E-state index contributed by atoms with van der Waals surface area (Å²) in [6.45, 7) is 3.87. The molecule has 1 aromatic heterocycles. The number of nitrogens with two attached hydrogens (primary N) is 1. The fraction of sp³-hybridized carbons (Fsp3) is 0.286. The van der Waals surface area contributed by atoms with Crippen molar-refractivity contribution in [3.05, 3.63) is 17.8 Å². The second-order valence-corrected chi connectivity index (χ2v) is 2.22. The number of aryl methyl sites for hydroxylation is 1. The molecule has 0 spiro atoms. The number of anilines is 1. The summed E-state index contributed by atoms with van der Waals surface area (Å²) < 4.78 is 0. The molecular weight excluding hydrogens is 123 g/mol. The molecule has 0 saturated heterocycles. The molecule has 0 atom stereocenters. The lowest BCUT2D eigenvalue weighted by Gasteiger charge is -2.00. The SMILES string of the molecule is C[B]c1ccc(C)nc1N. The summed E-state index contributed by atoms with van der Waals surface area (Å²) in [6, 6.07) is 3.92. The molecule has 0 saturated carbocycles. The van der Waals surface area contributed by atoms with E-state index >= 15 is 0 Å². The van der Waals surface area contributed by atoms with Crippen LogP contribution in [0.25, 0.3) is 0 Å². The predicted octanol–water partition coefficient (Wildman–Crippen LogP) is 0.350. The third-order valence-corrected chi connectivity index (χ3v) is 1.41. The summed E-state index contributed by atoms with van der Waals surface area (Å²) in [7, 11) is 1.95. The zero-order valence-electron chi connectivity index (χ0n) is 6.26. The van der Waals surface area contributed by atoms with E-state index in [2.05, 4.69) is 4.98 Å². The van der Waals surface area contributed by atoms with Crippen LogP contribution in [0.2, 0.25) is 6.82 Å². The van der Waals surface area contributed by atoms with Crippen molar-refractivity contribution in [3.63, 3.8) is 0 Å². The third-order valence-electron chi connectivity index (χ3n) is 1.41. The molecule has 0 amide bonds. The normalized spacial score (nSPS) is 9.40. The topological polar surface area (TPSA) is 38.9 Å². The molecule has 0 aliphatic heterocycles. The van der Waals surface area contributed by atoms with Crippen molar-refractivity contribution in [1.82, 2.24) is 4.98 Å². The number of pyridine rings is 1. The van der Waals surface area contributed by atoms with Gasteiger partial charge in [-0.2, -0.15) is 0 Å². The van der Waals surface area contributed by atoms with E-state index in [1.165, 1.54) is 0 Å². The molecule has 3 heteroatoms. The van der Waals surface area contributed by atoms with Crippen LogP contribution in [-0.4, -0.2) is 12.3 Å². The Labute approximate surface area is 61.7 Å². The Bertz CT molecular complexity index is 235. The molecule has 0 bridgehead atoms. The number of hydrogen-bond donors (Lipinski definition) is 1. The Balaban J connectivity index is 3.07. The van der Waals surface area contributed by atoms with E-state index in [-0.39, 0.29) is 0 Å². The smallest absolute Gasteiger partial charge is 0.153 e. The third kappa shape index (κ3) is 1.29. The summed E-state index contributed by atoms with van der Waals surface area (Å²) >= 11 is 0. The molecule has 1 rings (SSSR count). The van der Waals surface area contributed by atoms with Crippen molar-refractivity contribution < 1.29 is 0 Å². The van der Waals surface area contributed by atoms with Crippen LogP contribution in [0.15, 0.2) is 12.1 Å². The minimum absolute atomic E-state index is 0.613. The molecular formula is C7H10BN2. The van der Waals surface area contributed by atoms with Crippen LogP contribution in [0.3, 0.4) is 0 Å². The maximum Gasteiger partial charge on any atom is 0.153 e. The van der Waals surface area contributed by atoms with E-state index in [4.69, 9.17) is 5.73 Å². The van der Waals surface area contributed by atoms with E-state index in [1.54, 1.807) is 0 Å². The van der Waals surface area contributed by atoms with Crippen LogP contribution in [0.1, 0.15) is 5.69 Å². The van der Waals surface area contributed by atoms with Crippen LogP contribution < -0.4 is 11.2 Å². The molecule has 0 aliphatic carbocycles. The quantitative estimate of drug-likeness (QED) is 0.561. The first-order valence-electron chi connectivity index (χ1n) is 3.26. The van der Waals surface area contributed by atoms with Gasteiger partial charge in [0.2, 0.25) is 0 Å². The standard InChI is InChI=1S/C7H10BN2/c1-5-3-4-6(8-2)7(9)10-5/h3-4H,1-2H3,(H2,9,10). The van der Waals surface area contributed by atoms with Gasteiger partial charge in [-0.05, 0) is 18.5 Å². The first kappa shape index (κ1) is 7.13. The fourth-order valence-electron chi connectivity index (χ4n) is 0.832. The number of rotatable bonds is 1. The van der Waals surface area contributed by atoms with E-state index in [9.17, 15) is 0 Å². The largest absolute Gasteiger partial charge is 0.384 e. The zero-order valence-corrected chi connectivity index (χ0v) is 6.26. The monoisotopic (exact) mass is 133 g/mol. The highest BCUT2D eigenvalue weighted by Crippen LogP contribution is 1.94. The van der Waals surface area contributed by atoms with E-state index in [0.29, 0.717) is 5.82 Å². The Hall–Kier alpha value is -0.985. The van der Waals surface area contributed by atoms with Crippen molar-refractivity contribution in [2.45, 2.75) is 13.7 Å². The van der Waals surface area contributed by atoms with Gasteiger partial charge in [0.05, 0.1) is 0 Å². The lowest BCUT2D eigenvalue weighted by molar-refractivity contribution is 1.22. The molecule has 2 N–H and O–H groups in total. The maximum atomic E-state index is 5.59. The molecule has 2 nitrogen and oxygen atoms in total. The molecule has 1 heterocycles. The molecule has 1 aromatic rings. The van der Waals surface area contributed by atoms with Crippen LogP contribution in [-0.2, 0) is 0 Å². The summed E-state index contributed by atoms with van der Waals surface area (Å²) in [6.07, 6.45) is 0. The Kier molecular flexibility index (Phi) is 1.95. The molecule has 1 radical (unpaired) electrons. The van der Waals surface area contributed by atoms with E-state index in [1.807, 2.05) is 33.2 Å². The van der Waals surface area contributed by atoms with Gasteiger partial charge in [-0.25, -0.2) is 4.98 Å². The first-order valence-corrected chi connectivity index (χ1v) is 3.26. The van der Waals surface area contributed by atoms with Gasteiger partial charge in [0, 0.05) is 5.69 Å². The van der Waals surface area contributed by atoms with Crippen LogP contribution in [0.5, 0.6) is 0 Å². The minimum atomic E-state index is 0.613. The molecule has 0 fully saturated rings. The highest BCUT2D eigenvalue weighted by molar-refractivity contribution is 6.53.